The molecular weight excluding hydrogens is 361 g/mol. The third kappa shape index (κ3) is 2.66. The van der Waals surface area contributed by atoms with Gasteiger partial charge in [-0.05, 0) is 26.0 Å². The van der Waals surface area contributed by atoms with Crippen LogP contribution in [0.5, 0.6) is 5.75 Å². The maximum absolute atomic E-state index is 13.5. The number of nitrogens with zero attached hydrogens (tertiary/aromatic N) is 5. The highest BCUT2D eigenvalue weighted by Crippen LogP contribution is 2.43. The van der Waals surface area contributed by atoms with Gasteiger partial charge >= 0.3 is 6.03 Å². The van der Waals surface area contributed by atoms with Crippen LogP contribution in [0.1, 0.15) is 12.6 Å². The first kappa shape index (κ1) is 17.2. The average molecular weight is 383 g/mol. The monoisotopic (exact) mass is 383 g/mol. The number of rotatable bonds is 1. The van der Waals surface area contributed by atoms with E-state index in [0.29, 0.717) is 18.0 Å². The van der Waals surface area contributed by atoms with Crippen LogP contribution >= 0.6 is 0 Å². The van der Waals surface area contributed by atoms with Gasteiger partial charge in [0.2, 0.25) is 0 Å². The molecule has 4 heterocycles. The predicted molar refractivity (Wildman–Crippen MR) is 102 cm³/mol. The Balaban J connectivity index is 1.26. The highest BCUT2D eigenvalue weighted by atomic mass is 19.1. The first-order valence-corrected chi connectivity index (χ1v) is 9.48. The standard InChI is InChI=1S/C20H22FN5O2/c1-13-6-22-7-18(23-13)24-9-20(10-24)11-25(12-20)19(27)26-14(2)8-28-17-5-15(21)3-4-16(17)26/h3-7,14H,8-12H2,1-2H3. The number of carbonyl (C=O) groups excluding carboxylic acids is 1. The molecule has 0 bridgehead atoms. The van der Waals surface area contributed by atoms with Crippen LogP contribution in [0.15, 0.2) is 30.6 Å². The molecule has 1 unspecified atom stereocenters. The van der Waals surface area contributed by atoms with Gasteiger partial charge in [-0.2, -0.15) is 0 Å². The molecule has 5 rings (SSSR count). The fourth-order valence-electron chi connectivity index (χ4n) is 4.40. The zero-order valence-electron chi connectivity index (χ0n) is 15.9. The molecule has 28 heavy (non-hydrogen) atoms. The van der Waals surface area contributed by atoms with Gasteiger partial charge in [-0.25, -0.2) is 14.2 Å². The number of halogens is 1. The minimum absolute atomic E-state index is 0.0388. The molecule has 2 amide bonds. The van der Waals surface area contributed by atoms with Gasteiger partial charge in [-0.1, -0.05) is 0 Å². The summed E-state index contributed by atoms with van der Waals surface area (Å²) in [5.74, 6) is 0.958. The number of anilines is 2. The molecule has 146 valence electrons. The van der Waals surface area contributed by atoms with E-state index in [1.807, 2.05) is 18.7 Å². The topological polar surface area (TPSA) is 61.8 Å². The molecule has 7 nitrogen and oxygen atoms in total. The summed E-state index contributed by atoms with van der Waals surface area (Å²) in [6, 6.07) is 4.19. The van der Waals surface area contributed by atoms with E-state index in [0.717, 1.165) is 37.7 Å². The molecule has 0 radical (unpaired) electrons. The van der Waals surface area contributed by atoms with Crippen molar-refractivity contribution >= 4 is 17.5 Å². The van der Waals surface area contributed by atoms with Gasteiger partial charge in [0.25, 0.3) is 0 Å². The number of amides is 2. The van der Waals surface area contributed by atoms with Gasteiger partial charge in [0, 0.05) is 43.9 Å². The Hall–Kier alpha value is -2.90. The van der Waals surface area contributed by atoms with Crippen LogP contribution in [0.2, 0.25) is 0 Å². The minimum Gasteiger partial charge on any atom is -0.489 e. The molecule has 2 aromatic rings. The number of aryl methyl sites for hydroxylation is 1. The van der Waals surface area contributed by atoms with E-state index in [1.54, 1.807) is 23.4 Å². The third-order valence-corrected chi connectivity index (χ3v) is 5.75. The van der Waals surface area contributed by atoms with Crippen molar-refractivity contribution in [3.63, 3.8) is 0 Å². The van der Waals surface area contributed by atoms with Gasteiger partial charge in [-0.15, -0.1) is 0 Å². The molecule has 1 aromatic carbocycles. The SMILES string of the molecule is Cc1cncc(N2CC3(CN(C(=O)N4c5ccc(F)cc5OCC4C)C3)C2)n1. The van der Waals surface area contributed by atoms with Gasteiger partial charge in [0.1, 0.15) is 24.0 Å². The number of fused-ring (bicyclic) bond motifs is 1. The van der Waals surface area contributed by atoms with E-state index in [-0.39, 0.29) is 23.3 Å². The summed E-state index contributed by atoms with van der Waals surface area (Å²) in [6.07, 6.45) is 3.53. The molecule has 1 atom stereocenters. The predicted octanol–water partition coefficient (Wildman–Crippen LogP) is 2.45. The quantitative estimate of drug-likeness (QED) is 0.757. The van der Waals surface area contributed by atoms with Crippen molar-refractivity contribution < 1.29 is 13.9 Å². The van der Waals surface area contributed by atoms with Crippen LogP contribution in [-0.4, -0.2) is 59.7 Å². The van der Waals surface area contributed by atoms with Crippen LogP contribution in [0.4, 0.5) is 20.7 Å². The van der Waals surface area contributed by atoms with E-state index in [9.17, 15) is 9.18 Å². The fraction of sp³-hybridized carbons (Fsp3) is 0.450. The van der Waals surface area contributed by atoms with E-state index in [4.69, 9.17) is 4.74 Å². The van der Waals surface area contributed by atoms with E-state index in [1.165, 1.54) is 12.1 Å². The number of hydrogen-bond donors (Lipinski definition) is 0. The molecule has 1 spiro atoms. The summed E-state index contributed by atoms with van der Waals surface area (Å²) < 4.78 is 19.1. The molecule has 2 fully saturated rings. The summed E-state index contributed by atoms with van der Waals surface area (Å²) in [5, 5.41) is 0. The number of hydrogen-bond acceptors (Lipinski definition) is 5. The lowest BCUT2D eigenvalue weighted by Crippen LogP contribution is -2.74. The summed E-state index contributed by atoms with van der Waals surface area (Å²) in [6.45, 7) is 7.46. The van der Waals surface area contributed by atoms with Crippen molar-refractivity contribution in [2.24, 2.45) is 5.41 Å². The van der Waals surface area contributed by atoms with Crippen molar-refractivity contribution in [1.82, 2.24) is 14.9 Å². The lowest BCUT2D eigenvalue weighted by molar-refractivity contribution is 0.00853. The molecule has 3 aliphatic heterocycles. The van der Waals surface area contributed by atoms with Crippen molar-refractivity contribution in [2.45, 2.75) is 19.9 Å². The number of benzene rings is 1. The molecule has 0 aliphatic carbocycles. The van der Waals surface area contributed by atoms with Crippen LogP contribution in [0, 0.1) is 18.2 Å². The zero-order chi connectivity index (χ0) is 19.5. The van der Waals surface area contributed by atoms with Crippen molar-refractivity contribution in [3.8, 4) is 5.75 Å². The lowest BCUT2D eigenvalue weighted by Gasteiger charge is -2.61. The Bertz CT molecular complexity index is 938. The number of urea groups is 1. The molecule has 0 N–H and O–H groups in total. The highest BCUT2D eigenvalue weighted by molar-refractivity contribution is 5.95. The summed E-state index contributed by atoms with van der Waals surface area (Å²) in [7, 11) is 0. The van der Waals surface area contributed by atoms with Crippen LogP contribution in [0.25, 0.3) is 0 Å². The van der Waals surface area contributed by atoms with Crippen molar-refractivity contribution in [3.05, 3.63) is 42.1 Å². The first-order chi connectivity index (χ1) is 13.4. The average Bonchev–Trinajstić information content (AvgIpc) is 2.59. The summed E-state index contributed by atoms with van der Waals surface area (Å²) >= 11 is 0. The number of aromatic nitrogens is 2. The molecule has 8 heteroatoms. The number of likely N-dealkylation sites (tertiary alicyclic amines) is 1. The highest BCUT2D eigenvalue weighted by Gasteiger charge is 2.54. The van der Waals surface area contributed by atoms with E-state index >= 15 is 0 Å². The second-order valence-corrected chi connectivity index (χ2v) is 8.16. The second-order valence-electron chi connectivity index (χ2n) is 8.16. The zero-order valence-corrected chi connectivity index (χ0v) is 15.9. The van der Waals surface area contributed by atoms with Crippen LogP contribution in [-0.2, 0) is 0 Å². The van der Waals surface area contributed by atoms with E-state index in [2.05, 4.69) is 14.9 Å². The molecule has 1 aromatic heterocycles. The van der Waals surface area contributed by atoms with Gasteiger partial charge < -0.3 is 14.5 Å². The lowest BCUT2D eigenvalue weighted by atomic mass is 9.73. The summed E-state index contributed by atoms with van der Waals surface area (Å²) in [5.41, 5.74) is 1.68. The maximum atomic E-state index is 13.5. The molecule has 2 saturated heterocycles. The first-order valence-electron chi connectivity index (χ1n) is 9.48. The minimum atomic E-state index is -0.364. The van der Waals surface area contributed by atoms with Crippen molar-refractivity contribution in [2.75, 3.05) is 42.6 Å². The molecule has 3 aliphatic rings. The Labute approximate surface area is 162 Å². The Kier molecular flexibility index (Phi) is 3.72. The Morgan fingerprint density at radius 3 is 2.79 bits per heavy atom. The van der Waals surface area contributed by atoms with Crippen LogP contribution < -0.4 is 14.5 Å². The smallest absolute Gasteiger partial charge is 0.325 e. The second kappa shape index (κ2) is 6.05. The van der Waals surface area contributed by atoms with Gasteiger partial charge in [-0.3, -0.25) is 9.88 Å². The van der Waals surface area contributed by atoms with E-state index < -0.39 is 0 Å². The van der Waals surface area contributed by atoms with Gasteiger partial charge in [0.15, 0.2) is 0 Å². The van der Waals surface area contributed by atoms with Gasteiger partial charge in [0.05, 0.1) is 23.6 Å². The molecule has 0 saturated carbocycles. The fourth-order valence-corrected chi connectivity index (χ4v) is 4.40. The van der Waals surface area contributed by atoms with Crippen molar-refractivity contribution in [1.29, 1.82) is 0 Å². The largest absolute Gasteiger partial charge is 0.489 e. The Morgan fingerprint density at radius 2 is 2.04 bits per heavy atom. The van der Waals surface area contributed by atoms with Crippen LogP contribution in [0.3, 0.4) is 0 Å². The Morgan fingerprint density at radius 1 is 1.25 bits per heavy atom. The third-order valence-electron chi connectivity index (χ3n) is 5.75. The summed E-state index contributed by atoms with van der Waals surface area (Å²) in [4.78, 5) is 27.7. The maximum Gasteiger partial charge on any atom is 0.325 e. The number of ether oxygens (including phenoxy) is 1. The normalized spacial score (nSPS) is 22.2. The molecular formula is C20H22FN5O2. The number of carbonyl (C=O) groups is 1.